The topological polar surface area (TPSA) is 131 Å². The summed E-state index contributed by atoms with van der Waals surface area (Å²) in [6.07, 6.45) is 4.58. The summed E-state index contributed by atoms with van der Waals surface area (Å²) in [6.45, 7) is 3.85. The van der Waals surface area contributed by atoms with E-state index in [0.29, 0.717) is 12.1 Å². The number of carbonyl (C=O) groups is 5. The van der Waals surface area contributed by atoms with Crippen LogP contribution in [0.15, 0.2) is 36.4 Å². The fourth-order valence-electron chi connectivity index (χ4n) is 2.26. The number of benzene rings is 1. The van der Waals surface area contributed by atoms with Gasteiger partial charge >= 0.3 is 5.97 Å². The quantitative estimate of drug-likeness (QED) is 0.209. The average Bonchev–Trinajstić information content (AvgIpc) is 2.77. The highest BCUT2D eigenvalue weighted by atomic mass is 16.5. The Labute approximate surface area is 182 Å². The molecule has 170 valence electrons. The summed E-state index contributed by atoms with van der Waals surface area (Å²) in [4.78, 5) is 56.8. The number of anilines is 1. The van der Waals surface area contributed by atoms with Gasteiger partial charge in [0.2, 0.25) is 11.8 Å². The number of ketones is 1. The maximum Gasteiger partial charge on any atom is 0.330 e. The Balaban J connectivity index is 0.00000161. The molecule has 31 heavy (non-hydrogen) atoms. The molecule has 0 aliphatic rings. The predicted molar refractivity (Wildman–Crippen MR) is 118 cm³/mol. The van der Waals surface area contributed by atoms with E-state index in [0.717, 1.165) is 24.9 Å². The number of para-hydroxylation sites is 1. The number of carbonyl (C=O) groups excluding carboxylic acids is 5. The number of nitrogens with one attached hydrogen (secondary N) is 3. The molecule has 9 nitrogen and oxygen atoms in total. The molecule has 0 radical (unpaired) electrons. The van der Waals surface area contributed by atoms with E-state index in [4.69, 9.17) is 0 Å². The molecule has 0 spiro atoms. The minimum Gasteiger partial charge on any atom is -0.463 e. The number of unbranched alkanes of at least 4 members (excludes halogenated alkanes) is 1. The lowest BCUT2D eigenvalue weighted by Crippen LogP contribution is -2.42. The van der Waals surface area contributed by atoms with E-state index in [-0.39, 0.29) is 30.3 Å². The van der Waals surface area contributed by atoms with Crippen LogP contribution in [0.3, 0.4) is 0 Å². The van der Waals surface area contributed by atoms with E-state index >= 15 is 0 Å². The molecule has 1 aromatic carbocycles. The van der Waals surface area contributed by atoms with Gasteiger partial charge in [0.05, 0.1) is 18.3 Å². The molecule has 0 aliphatic carbocycles. The van der Waals surface area contributed by atoms with Gasteiger partial charge in [0.25, 0.3) is 0 Å². The van der Waals surface area contributed by atoms with Crippen LogP contribution in [-0.2, 0) is 23.9 Å². The zero-order chi connectivity index (χ0) is 23.6. The number of esters is 1. The number of ether oxygens (including phenoxy) is 1. The molecule has 2 amide bonds. The zero-order valence-corrected chi connectivity index (χ0v) is 18.4. The van der Waals surface area contributed by atoms with E-state index < -0.39 is 17.9 Å². The van der Waals surface area contributed by atoms with Gasteiger partial charge in [0.15, 0.2) is 5.78 Å². The Morgan fingerprint density at radius 3 is 2.26 bits per heavy atom. The second kappa shape index (κ2) is 16.5. The molecule has 1 rings (SSSR count). The molecule has 0 aliphatic heterocycles. The minimum absolute atomic E-state index is 0.0677. The van der Waals surface area contributed by atoms with Crippen molar-refractivity contribution in [1.29, 1.82) is 0 Å². The Hall–Kier alpha value is -3.33. The standard InChI is InChI=1S/C18H23N3O5.C4H8O/c1-4-26-17(24)10-9-16(23)21-13-8-6-5-7-12(13)15(22)11-14(19-2)18(25)20-3;1-2-3-4-5/h5-10,14,19H,4,11H2,1-3H3,(H,20,25)(H,21,23);4H,2-3H2,1H3/b10-9+;. The Bertz CT molecular complexity index is 776. The van der Waals surface area contributed by atoms with Crippen LogP contribution in [0.5, 0.6) is 0 Å². The second-order valence-corrected chi connectivity index (χ2v) is 6.16. The molecule has 0 heterocycles. The highest BCUT2D eigenvalue weighted by Crippen LogP contribution is 2.18. The molecule has 0 fully saturated rings. The first-order valence-corrected chi connectivity index (χ1v) is 9.94. The summed E-state index contributed by atoms with van der Waals surface area (Å²) in [6, 6.07) is 5.77. The molecular weight excluding hydrogens is 402 g/mol. The zero-order valence-electron chi connectivity index (χ0n) is 18.4. The number of rotatable bonds is 11. The smallest absolute Gasteiger partial charge is 0.330 e. The molecule has 9 heteroatoms. The van der Waals surface area contributed by atoms with Crippen molar-refractivity contribution in [2.45, 2.75) is 39.2 Å². The molecule has 3 N–H and O–H groups in total. The van der Waals surface area contributed by atoms with Crippen LogP contribution in [0.1, 0.15) is 43.5 Å². The maximum atomic E-state index is 12.5. The predicted octanol–water partition coefficient (Wildman–Crippen LogP) is 1.64. The van der Waals surface area contributed by atoms with Gasteiger partial charge in [-0.3, -0.25) is 14.4 Å². The maximum absolute atomic E-state index is 12.5. The van der Waals surface area contributed by atoms with Crippen LogP contribution < -0.4 is 16.0 Å². The Morgan fingerprint density at radius 1 is 1.06 bits per heavy atom. The fourth-order valence-corrected chi connectivity index (χ4v) is 2.26. The largest absolute Gasteiger partial charge is 0.463 e. The summed E-state index contributed by atoms with van der Waals surface area (Å²) in [5.41, 5.74) is 0.567. The molecule has 1 unspecified atom stereocenters. The van der Waals surface area contributed by atoms with Crippen LogP contribution in [0, 0.1) is 0 Å². The van der Waals surface area contributed by atoms with E-state index in [9.17, 15) is 24.0 Å². The summed E-state index contributed by atoms with van der Waals surface area (Å²) in [5.74, 6) is -1.82. The van der Waals surface area contributed by atoms with E-state index in [2.05, 4.69) is 20.7 Å². The third-order valence-electron chi connectivity index (χ3n) is 3.85. The number of amides is 2. The van der Waals surface area contributed by atoms with Crippen molar-refractivity contribution in [2.24, 2.45) is 0 Å². The summed E-state index contributed by atoms with van der Waals surface area (Å²) >= 11 is 0. The number of hydrogen-bond acceptors (Lipinski definition) is 7. The van der Waals surface area contributed by atoms with Gasteiger partial charge in [-0.1, -0.05) is 19.1 Å². The lowest BCUT2D eigenvalue weighted by Gasteiger charge is -2.15. The van der Waals surface area contributed by atoms with Gasteiger partial charge < -0.3 is 25.5 Å². The van der Waals surface area contributed by atoms with Crippen molar-refractivity contribution in [1.82, 2.24) is 10.6 Å². The van der Waals surface area contributed by atoms with Gasteiger partial charge in [-0.05, 0) is 32.5 Å². The molecule has 1 atom stereocenters. The molecule has 1 aromatic rings. The van der Waals surface area contributed by atoms with Crippen molar-refractivity contribution < 1.29 is 28.7 Å². The minimum atomic E-state index is -0.681. The van der Waals surface area contributed by atoms with Crippen LogP contribution in [0.2, 0.25) is 0 Å². The fraction of sp³-hybridized carbons (Fsp3) is 0.409. The van der Waals surface area contributed by atoms with Crippen molar-refractivity contribution >= 4 is 35.5 Å². The molecule has 0 saturated heterocycles. The highest BCUT2D eigenvalue weighted by molar-refractivity contribution is 6.09. The first-order valence-electron chi connectivity index (χ1n) is 9.94. The van der Waals surface area contributed by atoms with Gasteiger partial charge in [-0.25, -0.2) is 4.79 Å². The lowest BCUT2D eigenvalue weighted by atomic mass is 10.0. The van der Waals surface area contributed by atoms with Gasteiger partial charge in [-0.2, -0.15) is 0 Å². The van der Waals surface area contributed by atoms with Gasteiger partial charge in [-0.15, -0.1) is 0 Å². The van der Waals surface area contributed by atoms with Crippen molar-refractivity contribution in [3.8, 4) is 0 Å². The monoisotopic (exact) mass is 433 g/mol. The van der Waals surface area contributed by atoms with Crippen LogP contribution in [0.25, 0.3) is 0 Å². The molecule has 0 aromatic heterocycles. The van der Waals surface area contributed by atoms with E-state index in [1.54, 1.807) is 38.2 Å². The lowest BCUT2D eigenvalue weighted by molar-refractivity contribution is -0.137. The number of aldehydes is 1. The normalized spacial score (nSPS) is 11.0. The molecule has 0 bridgehead atoms. The van der Waals surface area contributed by atoms with Crippen LogP contribution >= 0.6 is 0 Å². The Kier molecular flexibility index (Phi) is 14.7. The Morgan fingerprint density at radius 2 is 1.74 bits per heavy atom. The van der Waals surface area contributed by atoms with Crippen LogP contribution in [0.4, 0.5) is 5.69 Å². The summed E-state index contributed by atoms with van der Waals surface area (Å²) in [7, 11) is 3.07. The summed E-state index contributed by atoms with van der Waals surface area (Å²) < 4.78 is 4.69. The van der Waals surface area contributed by atoms with E-state index in [1.165, 1.54) is 7.05 Å². The first-order chi connectivity index (χ1) is 14.8. The third kappa shape index (κ3) is 11.4. The second-order valence-electron chi connectivity index (χ2n) is 6.16. The average molecular weight is 434 g/mol. The van der Waals surface area contributed by atoms with Gasteiger partial charge in [0, 0.05) is 37.6 Å². The van der Waals surface area contributed by atoms with Gasteiger partial charge in [0.1, 0.15) is 6.29 Å². The molecule has 0 saturated carbocycles. The summed E-state index contributed by atoms with van der Waals surface area (Å²) in [5, 5.41) is 7.80. The highest BCUT2D eigenvalue weighted by Gasteiger charge is 2.21. The number of Topliss-reactive ketones (excluding diaryl/α,β-unsaturated/α-hetero) is 1. The molecular formula is C22H31N3O6. The first kappa shape index (κ1) is 27.7. The number of hydrogen-bond donors (Lipinski definition) is 3. The SMILES string of the molecule is CCCC=O.CCOC(=O)/C=C/C(=O)Nc1ccccc1C(=O)CC(NC)C(=O)NC. The third-order valence-corrected chi connectivity index (χ3v) is 3.85. The van der Waals surface area contributed by atoms with Crippen molar-refractivity contribution in [3.05, 3.63) is 42.0 Å². The van der Waals surface area contributed by atoms with E-state index in [1.807, 2.05) is 6.92 Å². The van der Waals surface area contributed by atoms with Crippen LogP contribution in [-0.4, -0.2) is 56.6 Å². The number of likely N-dealkylation sites (N-methyl/N-ethyl adjacent to an activating group) is 2. The van der Waals surface area contributed by atoms with Crippen molar-refractivity contribution in [2.75, 3.05) is 26.0 Å². The van der Waals surface area contributed by atoms with Crippen molar-refractivity contribution in [3.63, 3.8) is 0 Å².